The number of aryl methyl sites for hydroxylation is 1. The molecule has 0 saturated heterocycles. The maximum atomic E-state index is 13.7. The molecule has 1 aromatic heterocycles. The van der Waals surface area contributed by atoms with E-state index in [1.54, 1.807) is 0 Å². The third kappa shape index (κ3) is 3.72. The normalized spacial score (nSPS) is 10.6. The number of nitrogens with one attached hydrogen (secondary N) is 1. The average Bonchev–Trinajstić information content (AvgIpc) is 2.96. The number of nitrogens with zero attached hydrogens (tertiary/aromatic N) is 1. The third-order valence-electron chi connectivity index (χ3n) is 3.65. The molecule has 4 nitrogen and oxygen atoms in total. The number of thiazole rings is 1. The van der Waals surface area contributed by atoms with Crippen LogP contribution in [0.2, 0.25) is 0 Å². The molecule has 0 aliphatic heterocycles. The van der Waals surface area contributed by atoms with Crippen molar-refractivity contribution in [2.45, 2.75) is 13.8 Å². The number of aromatic nitrogens is 1. The molecule has 1 amide bonds. The average molecular weight is 374 g/mol. The molecule has 0 unspecified atom stereocenters. The Labute approximate surface area is 153 Å². The maximum Gasteiger partial charge on any atom is 0.263 e. The van der Waals surface area contributed by atoms with Crippen LogP contribution in [0.1, 0.15) is 22.2 Å². The SMILES string of the molecule is CCOc1ccc(-c2nc(NC(=O)c3c(F)cccc3F)sc2C)cc1. The summed E-state index contributed by atoms with van der Waals surface area (Å²) in [5.74, 6) is -1.94. The van der Waals surface area contributed by atoms with Gasteiger partial charge in [0.1, 0.15) is 22.9 Å². The second-order valence-electron chi connectivity index (χ2n) is 5.43. The highest BCUT2D eigenvalue weighted by atomic mass is 32.1. The highest BCUT2D eigenvalue weighted by Crippen LogP contribution is 2.31. The van der Waals surface area contributed by atoms with Crippen LogP contribution in [0.3, 0.4) is 0 Å². The maximum absolute atomic E-state index is 13.7. The predicted molar refractivity (Wildman–Crippen MR) is 97.8 cm³/mol. The van der Waals surface area contributed by atoms with Crippen molar-refractivity contribution in [1.29, 1.82) is 0 Å². The molecule has 2 aromatic carbocycles. The van der Waals surface area contributed by atoms with E-state index in [4.69, 9.17) is 4.74 Å². The molecule has 3 rings (SSSR count). The number of benzene rings is 2. The summed E-state index contributed by atoms with van der Waals surface area (Å²) in [7, 11) is 0. The van der Waals surface area contributed by atoms with E-state index in [2.05, 4.69) is 10.3 Å². The van der Waals surface area contributed by atoms with Gasteiger partial charge < -0.3 is 4.74 Å². The van der Waals surface area contributed by atoms with Crippen molar-refractivity contribution in [1.82, 2.24) is 4.98 Å². The van der Waals surface area contributed by atoms with Crippen LogP contribution in [0, 0.1) is 18.6 Å². The minimum Gasteiger partial charge on any atom is -0.494 e. The van der Waals surface area contributed by atoms with Gasteiger partial charge >= 0.3 is 0 Å². The fraction of sp³-hybridized carbons (Fsp3) is 0.158. The summed E-state index contributed by atoms with van der Waals surface area (Å²) in [4.78, 5) is 17.4. The van der Waals surface area contributed by atoms with E-state index in [0.717, 1.165) is 28.3 Å². The molecule has 0 spiro atoms. The summed E-state index contributed by atoms with van der Waals surface area (Å²) in [5.41, 5.74) is 0.935. The number of ether oxygens (including phenoxy) is 1. The van der Waals surface area contributed by atoms with E-state index < -0.39 is 23.1 Å². The van der Waals surface area contributed by atoms with E-state index >= 15 is 0 Å². The first-order chi connectivity index (χ1) is 12.5. The Balaban J connectivity index is 1.83. The molecule has 7 heteroatoms. The Bertz CT molecular complexity index is 919. The van der Waals surface area contributed by atoms with Crippen LogP contribution in [0.15, 0.2) is 42.5 Å². The van der Waals surface area contributed by atoms with Gasteiger partial charge in [-0.3, -0.25) is 10.1 Å². The lowest BCUT2D eigenvalue weighted by molar-refractivity contribution is 0.101. The van der Waals surface area contributed by atoms with Gasteiger partial charge in [-0.2, -0.15) is 0 Å². The smallest absolute Gasteiger partial charge is 0.263 e. The fourth-order valence-corrected chi connectivity index (χ4v) is 3.30. The van der Waals surface area contributed by atoms with Crippen molar-refractivity contribution in [2.75, 3.05) is 11.9 Å². The van der Waals surface area contributed by atoms with E-state index in [-0.39, 0.29) is 5.13 Å². The van der Waals surface area contributed by atoms with E-state index in [0.29, 0.717) is 12.3 Å². The standard InChI is InChI=1S/C19H16F2N2O2S/c1-3-25-13-9-7-12(8-10-13)17-11(2)26-19(22-17)23-18(24)16-14(20)5-4-6-15(16)21/h4-10H,3H2,1-2H3,(H,22,23,24). The highest BCUT2D eigenvalue weighted by molar-refractivity contribution is 7.16. The lowest BCUT2D eigenvalue weighted by atomic mass is 10.1. The first-order valence-electron chi connectivity index (χ1n) is 7.95. The van der Waals surface area contributed by atoms with Gasteiger partial charge in [0.25, 0.3) is 5.91 Å². The van der Waals surface area contributed by atoms with Gasteiger partial charge in [0.15, 0.2) is 5.13 Å². The molecule has 134 valence electrons. The number of anilines is 1. The van der Waals surface area contributed by atoms with Crippen LogP contribution in [0.5, 0.6) is 5.75 Å². The van der Waals surface area contributed by atoms with Crippen LogP contribution >= 0.6 is 11.3 Å². The first-order valence-corrected chi connectivity index (χ1v) is 8.77. The van der Waals surface area contributed by atoms with E-state index in [9.17, 15) is 13.6 Å². The zero-order valence-corrected chi connectivity index (χ0v) is 15.0. The summed E-state index contributed by atoms with van der Waals surface area (Å²) in [5, 5.41) is 2.74. The summed E-state index contributed by atoms with van der Waals surface area (Å²) in [6.07, 6.45) is 0. The monoisotopic (exact) mass is 374 g/mol. The zero-order valence-electron chi connectivity index (χ0n) is 14.2. The topological polar surface area (TPSA) is 51.2 Å². The second-order valence-corrected chi connectivity index (χ2v) is 6.64. The number of amides is 1. The van der Waals surface area contributed by atoms with Crippen LogP contribution in [0.4, 0.5) is 13.9 Å². The Morgan fingerprint density at radius 1 is 1.15 bits per heavy atom. The van der Waals surface area contributed by atoms with Crippen molar-refractivity contribution in [3.63, 3.8) is 0 Å². The lowest BCUT2D eigenvalue weighted by Crippen LogP contribution is -2.15. The van der Waals surface area contributed by atoms with Crippen molar-refractivity contribution in [3.8, 4) is 17.0 Å². The predicted octanol–water partition coefficient (Wildman–Crippen LogP) is 5.05. The van der Waals surface area contributed by atoms with E-state index in [1.807, 2.05) is 38.1 Å². The number of hydrogen-bond acceptors (Lipinski definition) is 4. The van der Waals surface area contributed by atoms with Crippen molar-refractivity contribution in [3.05, 3.63) is 64.5 Å². The molecule has 0 bridgehead atoms. The summed E-state index contributed by atoms with van der Waals surface area (Å²) in [6, 6.07) is 10.7. The largest absolute Gasteiger partial charge is 0.494 e. The number of rotatable bonds is 5. The van der Waals surface area contributed by atoms with Gasteiger partial charge in [-0.05, 0) is 50.2 Å². The van der Waals surface area contributed by atoms with Crippen LogP contribution in [-0.4, -0.2) is 17.5 Å². The van der Waals surface area contributed by atoms with Gasteiger partial charge in [-0.15, -0.1) is 11.3 Å². The molecule has 0 fully saturated rings. The van der Waals surface area contributed by atoms with Crippen LogP contribution in [-0.2, 0) is 0 Å². The van der Waals surface area contributed by atoms with Gasteiger partial charge in [-0.25, -0.2) is 13.8 Å². The Morgan fingerprint density at radius 2 is 1.81 bits per heavy atom. The number of carbonyl (C=O) groups excluding carboxylic acids is 1. The molecule has 0 aliphatic carbocycles. The van der Waals surface area contributed by atoms with Gasteiger partial charge in [0.2, 0.25) is 0 Å². The Kier molecular flexibility index (Phi) is 5.27. The molecule has 1 heterocycles. The third-order valence-corrected chi connectivity index (χ3v) is 4.53. The lowest BCUT2D eigenvalue weighted by Gasteiger charge is -2.04. The van der Waals surface area contributed by atoms with Gasteiger partial charge in [0.05, 0.1) is 12.3 Å². The summed E-state index contributed by atoms with van der Waals surface area (Å²) in [6.45, 7) is 4.35. The quantitative estimate of drug-likeness (QED) is 0.680. The Morgan fingerprint density at radius 3 is 2.42 bits per heavy atom. The molecular weight excluding hydrogens is 358 g/mol. The first kappa shape index (κ1) is 18.0. The van der Waals surface area contributed by atoms with Crippen molar-refractivity contribution < 1.29 is 18.3 Å². The fourth-order valence-electron chi connectivity index (χ4n) is 2.47. The molecular formula is C19H16F2N2O2S. The van der Waals surface area contributed by atoms with Crippen LogP contribution in [0.25, 0.3) is 11.3 Å². The van der Waals surface area contributed by atoms with E-state index in [1.165, 1.54) is 17.4 Å². The van der Waals surface area contributed by atoms with Gasteiger partial charge in [-0.1, -0.05) is 6.07 Å². The van der Waals surface area contributed by atoms with Crippen LogP contribution < -0.4 is 10.1 Å². The summed E-state index contributed by atoms with van der Waals surface area (Å²) >= 11 is 1.24. The Hall–Kier alpha value is -2.80. The molecule has 0 saturated carbocycles. The highest BCUT2D eigenvalue weighted by Gasteiger charge is 2.19. The molecule has 1 N–H and O–H groups in total. The summed E-state index contributed by atoms with van der Waals surface area (Å²) < 4.78 is 32.9. The molecule has 0 aliphatic rings. The number of hydrogen-bond donors (Lipinski definition) is 1. The second kappa shape index (κ2) is 7.61. The molecule has 0 atom stereocenters. The minimum absolute atomic E-state index is 0.277. The van der Waals surface area contributed by atoms with Crippen molar-refractivity contribution >= 4 is 22.4 Å². The minimum atomic E-state index is -0.914. The molecule has 0 radical (unpaired) electrons. The van der Waals surface area contributed by atoms with Crippen molar-refractivity contribution in [2.24, 2.45) is 0 Å². The molecule has 3 aromatic rings. The zero-order chi connectivity index (χ0) is 18.7. The number of carbonyl (C=O) groups is 1. The number of halogens is 2. The van der Waals surface area contributed by atoms with Gasteiger partial charge in [0, 0.05) is 10.4 Å². The molecule has 26 heavy (non-hydrogen) atoms.